The van der Waals surface area contributed by atoms with E-state index in [2.05, 4.69) is 10.1 Å². The molecule has 2 aliphatic carbocycles. The standard InChI is InChI=1S/C13H21N3OS/c14-9-13(6-3-7-13)12-15-11(16-17-12)8-18-10-4-1-2-5-10/h10H,1-9,14H2. The molecule has 5 heteroatoms. The quantitative estimate of drug-likeness (QED) is 0.888. The van der Waals surface area contributed by atoms with Gasteiger partial charge in [-0.2, -0.15) is 16.7 Å². The lowest BCUT2D eigenvalue weighted by Crippen LogP contribution is -2.41. The molecule has 1 heterocycles. The number of hydrogen-bond donors (Lipinski definition) is 1. The van der Waals surface area contributed by atoms with Gasteiger partial charge in [0.2, 0.25) is 5.89 Å². The molecule has 1 aromatic heterocycles. The molecule has 2 fully saturated rings. The lowest BCUT2D eigenvalue weighted by molar-refractivity contribution is 0.181. The lowest BCUT2D eigenvalue weighted by Gasteiger charge is -2.36. The van der Waals surface area contributed by atoms with Gasteiger partial charge >= 0.3 is 0 Å². The van der Waals surface area contributed by atoms with E-state index in [1.54, 1.807) is 0 Å². The second kappa shape index (κ2) is 5.21. The monoisotopic (exact) mass is 267 g/mol. The van der Waals surface area contributed by atoms with Crippen LogP contribution in [0.2, 0.25) is 0 Å². The summed E-state index contributed by atoms with van der Waals surface area (Å²) in [4.78, 5) is 4.56. The van der Waals surface area contributed by atoms with Crippen LogP contribution in [-0.2, 0) is 11.2 Å². The topological polar surface area (TPSA) is 64.9 Å². The van der Waals surface area contributed by atoms with E-state index in [0.717, 1.165) is 35.6 Å². The van der Waals surface area contributed by atoms with Crippen molar-refractivity contribution in [3.05, 3.63) is 11.7 Å². The summed E-state index contributed by atoms with van der Waals surface area (Å²) < 4.78 is 5.42. The fourth-order valence-electron chi connectivity index (χ4n) is 2.88. The molecule has 0 bridgehead atoms. The first-order chi connectivity index (χ1) is 8.82. The Morgan fingerprint density at radius 1 is 1.28 bits per heavy atom. The van der Waals surface area contributed by atoms with E-state index in [1.807, 2.05) is 11.8 Å². The van der Waals surface area contributed by atoms with Gasteiger partial charge in [0.1, 0.15) is 0 Å². The summed E-state index contributed by atoms with van der Waals surface area (Å²) in [5, 5.41) is 4.92. The molecule has 0 aromatic carbocycles. The van der Waals surface area contributed by atoms with Gasteiger partial charge in [-0.3, -0.25) is 0 Å². The lowest BCUT2D eigenvalue weighted by atomic mass is 9.69. The molecule has 100 valence electrons. The third-order valence-corrected chi connectivity index (χ3v) is 5.74. The van der Waals surface area contributed by atoms with Crippen molar-refractivity contribution in [2.24, 2.45) is 5.73 Å². The number of hydrogen-bond acceptors (Lipinski definition) is 5. The molecule has 4 nitrogen and oxygen atoms in total. The Labute approximate surface area is 112 Å². The smallest absolute Gasteiger partial charge is 0.234 e. The van der Waals surface area contributed by atoms with Crippen molar-refractivity contribution in [3.8, 4) is 0 Å². The predicted octanol–water partition coefficient (Wildman–Crippen LogP) is 2.63. The molecular weight excluding hydrogens is 246 g/mol. The first-order valence-corrected chi connectivity index (χ1v) is 8.02. The Kier molecular flexibility index (Phi) is 3.61. The van der Waals surface area contributed by atoms with Crippen LogP contribution in [0.5, 0.6) is 0 Å². The molecular formula is C13H21N3OS. The predicted molar refractivity (Wildman–Crippen MR) is 72.4 cm³/mol. The van der Waals surface area contributed by atoms with E-state index < -0.39 is 0 Å². The van der Waals surface area contributed by atoms with Gasteiger partial charge in [-0.1, -0.05) is 24.4 Å². The molecule has 0 spiro atoms. The molecule has 0 aliphatic heterocycles. The summed E-state index contributed by atoms with van der Waals surface area (Å²) in [6.07, 6.45) is 8.88. The molecule has 3 rings (SSSR count). The van der Waals surface area contributed by atoms with Crippen molar-refractivity contribution in [1.29, 1.82) is 0 Å². The minimum absolute atomic E-state index is 0.00325. The third kappa shape index (κ3) is 2.30. The van der Waals surface area contributed by atoms with Gasteiger partial charge in [-0.05, 0) is 25.7 Å². The van der Waals surface area contributed by atoms with Crippen LogP contribution < -0.4 is 5.73 Å². The van der Waals surface area contributed by atoms with Gasteiger partial charge in [0.15, 0.2) is 5.82 Å². The fourth-order valence-corrected chi connectivity index (χ4v) is 4.05. The summed E-state index contributed by atoms with van der Waals surface area (Å²) in [6, 6.07) is 0. The second-order valence-electron chi connectivity index (χ2n) is 5.57. The van der Waals surface area contributed by atoms with Crippen LogP contribution in [0.25, 0.3) is 0 Å². The molecule has 0 radical (unpaired) electrons. The normalized spacial score (nSPS) is 23.2. The highest BCUT2D eigenvalue weighted by atomic mass is 32.2. The number of nitrogens with zero attached hydrogens (tertiary/aromatic N) is 2. The maximum absolute atomic E-state index is 5.85. The van der Waals surface area contributed by atoms with Crippen molar-refractivity contribution in [1.82, 2.24) is 10.1 Å². The zero-order valence-electron chi connectivity index (χ0n) is 10.7. The molecule has 2 saturated carbocycles. The summed E-state index contributed by atoms with van der Waals surface area (Å²) >= 11 is 1.98. The number of thioether (sulfide) groups is 1. The Balaban J connectivity index is 1.59. The van der Waals surface area contributed by atoms with E-state index in [1.165, 1.54) is 32.1 Å². The highest BCUT2D eigenvalue weighted by Crippen LogP contribution is 2.42. The van der Waals surface area contributed by atoms with Crippen molar-refractivity contribution in [2.45, 2.75) is 61.4 Å². The van der Waals surface area contributed by atoms with Gasteiger partial charge in [0.25, 0.3) is 0 Å². The number of rotatable bonds is 5. The zero-order valence-corrected chi connectivity index (χ0v) is 11.5. The van der Waals surface area contributed by atoms with E-state index in [-0.39, 0.29) is 5.41 Å². The molecule has 0 saturated heterocycles. The van der Waals surface area contributed by atoms with Crippen LogP contribution >= 0.6 is 11.8 Å². The maximum Gasteiger partial charge on any atom is 0.234 e. The van der Waals surface area contributed by atoms with E-state index >= 15 is 0 Å². The summed E-state index contributed by atoms with van der Waals surface area (Å²) in [6.45, 7) is 0.629. The van der Waals surface area contributed by atoms with Crippen molar-refractivity contribution < 1.29 is 4.52 Å². The van der Waals surface area contributed by atoms with E-state index in [9.17, 15) is 0 Å². The van der Waals surface area contributed by atoms with Gasteiger partial charge in [-0.15, -0.1) is 0 Å². The van der Waals surface area contributed by atoms with Crippen LogP contribution in [-0.4, -0.2) is 21.9 Å². The van der Waals surface area contributed by atoms with E-state index in [4.69, 9.17) is 10.3 Å². The van der Waals surface area contributed by atoms with Gasteiger partial charge in [-0.25, -0.2) is 0 Å². The first kappa shape index (κ1) is 12.5. The summed E-state index contributed by atoms with van der Waals surface area (Å²) in [5.41, 5.74) is 5.85. The maximum atomic E-state index is 5.85. The summed E-state index contributed by atoms with van der Waals surface area (Å²) in [7, 11) is 0. The van der Waals surface area contributed by atoms with Crippen LogP contribution in [0.4, 0.5) is 0 Å². The Morgan fingerprint density at radius 3 is 2.67 bits per heavy atom. The molecule has 18 heavy (non-hydrogen) atoms. The van der Waals surface area contributed by atoms with E-state index in [0.29, 0.717) is 6.54 Å². The largest absolute Gasteiger partial charge is 0.339 e. The van der Waals surface area contributed by atoms with Crippen molar-refractivity contribution >= 4 is 11.8 Å². The minimum Gasteiger partial charge on any atom is -0.339 e. The minimum atomic E-state index is 0.00325. The number of aromatic nitrogens is 2. The van der Waals surface area contributed by atoms with Crippen LogP contribution in [0.3, 0.4) is 0 Å². The van der Waals surface area contributed by atoms with Crippen molar-refractivity contribution in [3.63, 3.8) is 0 Å². The Hall–Kier alpha value is -0.550. The van der Waals surface area contributed by atoms with Gasteiger partial charge in [0.05, 0.1) is 11.2 Å². The SMILES string of the molecule is NCC1(c2nc(CSC3CCCC3)no2)CCC1. The second-order valence-corrected chi connectivity index (χ2v) is 6.86. The van der Waals surface area contributed by atoms with Gasteiger partial charge < -0.3 is 10.3 Å². The molecule has 1 aromatic rings. The van der Waals surface area contributed by atoms with Crippen LogP contribution in [0.15, 0.2) is 4.52 Å². The highest BCUT2D eigenvalue weighted by molar-refractivity contribution is 7.99. The van der Waals surface area contributed by atoms with Crippen molar-refractivity contribution in [2.75, 3.05) is 6.54 Å². The highest BCUT2D eigenvalue weighted by Gasteiger charge is 2.42. The first-order valence-electron chi connectivity index (χ1n) is 6.97. The Bertz CT molecular complexity index is 391. The summed E-state index contributed by atoms with van der Waals surface area (Å²) in [5.74, 6) is 2.51. The average Bonchev–Trinajstić information content (AvgIpc) is 2.97. The average molecular weight is 267 g/mol. The molecule has 0 atom stereocenters. The van der Waals surface area contributed by atoms with Gasteiger partial charge in [0, 0.05) is 11.8 Å². The third-order valence-electron chi connectivity index (χ3n) is 4.37. The molecule has 2 aliphatic rings. The Morgan fingerprint density at radius 2 is 2.06 bits per heavy atom. The molecule has 2 N–H and O–H groups in total. The van der Waals surface area contributed by atoms with Crippen LogP contribution in [0.1, 0.15) is 56.7 Å². The van der Waals surface area contributed by atoms with Crippen LogP contribution in [0, 0.1) is 0 Å². The fraction of sp³-hybridized carbons (Fsp3) is 0.846. The molecule has 0 amide bonds. The number of nitrogens with two attached hydrogens (primary N) is 1. The molecule has 0 unspecified atom stereocenters. The zero-order chi connectivity index (χ0) is 12.4.